The van der Waals surface area contributed by atoms with Crippen LogP contribution in [0.4, 0.5) is 0 Å². The van der Waals surface area contributed by atoms with E-state index in [0.717, 1.165) is 32.1 Å². The van der Waals surface area contributed by atoms with Crippen LogP contribution in [-0.2, 0) is 19.1 Å². The van der Waals surface area contributed by atoms with Gasteiger partial charge in [0.1, 0.15) is 11.7 Å². The number of carbonyl (C=O) groups is 2. The van der Waals surface area contributed by atoms with Gasteiger partial charge in [0.2, 0.25) is 11.8 Å². The molecule has 5 fully saturated rings. The molecule has 0 aromatic rings. The molecule has 5 heterocycles. The normalized spacial score (nSPS) is 44.4. The molecule has 0 bridgehead atoms. The number of methoxy groups -OCH3 is 2. The van der Waals surface area contributed by atoms with Gasteiger partial charge in [0.25, 0.3) is 0 Å². The quantitative estimate of drug-likeness (QED) is 0.231. The Bertz CT molecular complexity index is 814. The average Bonchev–Trinajstić information content (AvgIpc) is 3.47. The van der Waals surface area contributed by atoms with Gasteiger partial charge in [-0.1, -0.05) is 0 Å². The summed E-state index contributed by atoms with van der Waals surface area (Å²) in [5, 5.41) is 17.3. The van der Waals surface area contributed by atoms with Crippen LogP contribution in [0.5, 0.6) is 0 Å². The molecule has 5 N–H and O–H groups in total. The Balaban J connectivity index is 1.15. The van der Waals surface area contributed by atoms with Crippen LogP contribution in [0.25, 0.3) is 0 Å². The molecule has 0 aromatic carbocycles. The fourth-order valence-corrected chi connectivity index (χ4v) is 8.65. The Labute approximate surface area is 229 Å². The van der Waals surface area contributed by atoms with Crippen LogP contribution in [-0.4, -0.2) is 104 Å². The minimum absolute atomic E-state index is 0.0441. The monoisotopic (exact) mass is 558 g/mol. The van der Waals surface area contributed by atoms with Gasteiger partial charge in [0.05, 0.1) is 23.6 Å². The highest BCUT2D eigenvalue weighted by atomic mass is 35.5. The Morgan fingerprint density at radius 1 is 1.03 bits per heavy atom. The highest BCUT2D eigenvalue weighted by Gasteiger charge is 2.47. The molecule has 10 nitrogen and oxygen atoms in total. The summed E-state index contributed by atoms with van der Waals surface area (Å²) >= 11 is 8.20. The van der Waals surface area contributed by atoms with Crippen molar-refractivity contribution in [1.82, 2.24) is 31.5 Å². The number of hydrogen-bond donors (Lipinski definition) is 5. The molecule has 0 aliphatic carbocycles. The van der Waals surface area contributed by atoms with E-state index in [0.29, 0.717) is 32.2 Å². The molecular weight excluding hydrogens is 516 g/mol. The molecule has 5 saturated heterocycles. The lowest BCUT2D eigenvalue weighted by Gasteiger charge is -2.45. The highest BCUT2D eigenvalue weighted by Crippen LogP contribution is 2.38. The predicted octanol–water partition coefficient (Wildman–Crippen LogP) is 0.220. The van der Waals surface area contributed by atoms with Gasteiger partial charge in [0.15, 0.2) is 0 Å². The lowest BCUT2D eigenvalue weighted by Crippen LogP contribution is -2.57. The van der Waals surface area contributed by atoms with Crippen LogP contribution in [0.2, 0.25) is 0 Å². The molecule has 0 aromatic heterocycles. The van der Waals surface area contributed by atoms with E-state index in [4.69, 9.17) is 21.1 Å². The molecule has 5 aliphatic heterocycles. The van der Waals surface area contributed by atoms with Crippen molar-refractivity contribution >= 4 is 35.2 Å². The summed E-state index contributed by atoms with van der Waals surface area (Å²) in [7, 11) is 3.43. The molecule has 0 spiro atoms. The second kappa shape index (κ2) is 12.2. The van der Waals surface area contributed by atoms with Crippen LogP contribution < -0.4 is 26.6 Å². The number of nitrogens with one attached hydrogen (secondary N) is 5. The maximum atomic E-state index is 13.6. The molecule has 11 atom stereocenters. The van der Waals surface area contributed by atoms with Gasteiger partial charge in [-0.05, 0) is 50.9 Å². The van der Waals surface area contributed by atoms with E-state index in [1.165, 1.54) is 0 Å². The standard InChI is InChI=1S/C25H43ClN6O4S/c1-13-7-14(15-8-21(26)28-10-19(15)35-2)16(9-27-13)23(33)31-25-30-18-11-32(12-20(18)37-25)24(34)17-5-4-6-22(29-17)36-3/h13-22,25,27-30H,4-12H2,1-3H3,(H,31,33). The molecule has 5 aliphatic rings. The third kappa shape index (κ3) is 6.24. The summed E-state index contributed by atoms with van der Waals surface area (Å²) in [6.07, 6.45) is 4.53. The van der Waals surface area contributed by atoms with Gasteiger partial charge >= 0.3 is 0 Å². The van der Waals surface area contributed by atoms with Gasteiger partial charge in [-0.2, -0.15) is 0 Å². The number of carbonyl (C=O) groups excluding carboxylic acids is 2. The summed E-state index contributed by atoms with van der Waals surface area (Å²) in [6.45, 7) is 4.93. The van der Waals surface area contributed by atoms with Crippen LogP contribution in [0.1, 0.15) is 39.0 Å². The van der Waals surface area contributed by atoms with E-state index in [9.17, 15) is 9.59 Å². The van der Waals surface area contributed by atoms with Crippen molar-refractivity contribution in [3.8, 4) is 0 Å². The van der Waals surface area contributed by atoms with Crippen LogP contribution in [0, 0.1) is 17.8 Å². The van der Waals surface area contributed by atoms with Gasteiger partial charge < -0.3 is 25.0 Å². The largest absolute Gasteiger partial charge is 0.380 e. The van der Waals surface area contributed by atoms with Crippen molar-refractivity contribution in [2.45, 2.75) is 85.7 Å². The maximum Gasteiger partial charge on any atom is 0.239 e. The van der Waals surface area contributed by atoms with Crippen LogP contribution in [0.3, 0.4) is 0 Å². The second-order valence-electron chi connectivity index (χ2n) is 11.3. The van der Waals surface area contributed by atoms with E-state index in [2.05, 4.69) is 33.5 Å². The number of hydrogen-bond acceptors (Lipinski definition) is 9. The molecule has 5 rings (SSSR count). The first-order valence-corrected chi connectivity index (χ1v) is 15.2. The molecule has 2 amide bonds. The number of piperidine rings is 3. The highest BCUT2D eigenvalue weighted by molar-refractivity contribution is 8.00. The number of amides is 2. The fourth-order valence-electron chi connectivity index (χ4n) is 6.95. The SMILES string of the molecule is COC1CCCC(C(=O)N2CC3NC(NC(=O)C4CNC(C)CC4C4CC(Cl)NCC4OC)SC3C2)N1. The van der Waals surface area contributed by atoms with Crippen LogP contribution in [0.15, 0.2) is 0 Å². The number of halogens is 1. The number of likely N-dealkylation sites (tertiary alicyclic amines) is 1. The first kappa shape index (κ1) is 27.9. The van der Waals surface area contributed by atoms with Gasteiger partial charge in [-0.15, -0.1) is 23.4 Å². The number of rotatable bonds is 6. The minimum Gasteiger partial charge on any atom is -0.380 e. The zero-order valence-corrected chi connectivity index (χ0v) is 23.7. The zero-order valence-electron chi connectivity index (χ0n) is 22.1. The van der Waals surface area contributed by atoms with Crippen molar-refractivity contribution in [2.24, 2.45) is 17.8 Å². The Morgan fingerprint density at radius 2 is 1.86 bits per heavy atom. The fraction of sp³-hybridized carbons (Fsp3) is 0.920. The number of fused-ring (bicyclic) bond motifs is 1. The van der Waals surface area contributed by atoms with Crippen molar-refractivity contribution in [3.05, 3.63) is 0 Å². The lowest BCUT2D eigenvalue weighted by molar-refractivity contribution is -0.135. The molecule has 0 saturated carbocycles. The third-order valence-electron chi connectivity index (χ3n) is 8.97. The minimum atomic E-state index is -0.172. The van der Waals surface area contributed by atoms with Gasteiger partial charge in [-0.3, -0.25) is 25.5 Å². The number of nitrogens with zero attached hydrogens (tertiary/aromatic N) is 1. The van der Waals surface area contributed by atoms with Crippen molar-refractivity contribution in [1.29, 1.82) is 0 Å². The average molecular weight is 559 g/mol. The Kier molecular flexibility index (Phi) is 9.23. The van der Waals surface area contributed by atoms with E-state index in [1.807, 2.05) is 4.90 Å². The number of ether oxygens (including phenoxy) is 2. The number of thioether (sulfide) groups is 1. The predicted molar refractivity (Wildman–Crippen MR) is 144 cm³/mol. The van der Waals surface area contributed by atoms with E-state index in [-0.39, 0.29) is 70.2 Å². The Hall–Kier alpha value is -0.660. The van der Waals surface area contributed by atoms with Crippen LogP contribution >= 0.6 is 23.4 Å². The number of alkyl halides is 1. The van der Waals surface area contributed by atoms with Gasteiger partial charge in [-0.25, -0.2) is 0 Å². The zero-order chi connectivity index (χ0) is 26.1. The topological polar surface area (TPSA) is 116 Å². The lowest BCUT2D eigenvalue weighted by atomic mass is 9.70. The summed E-state index contributed by atoms with van der Waals surface area (Å²) in [4.78, 5) is 28.7. The summed E-state index contributed by atoms with van der Waals surface area (Å²) < 4.78 is 11.2. The van der Waals surface area contributed by atoms with E-state index < -0.39 is 0 Å². The Morgan fingerprint density at radius 3 is 2.62 bits per heavy atom. The molecular formula is C25H43ClN6O4S. The summed E-state index contributed by atoms with van der Waals surface area (Å²) in [5.74, 6) is 0.564. The molecule has 0 radical (unpaired) electrons. The first-order chi connectivity index (χ1) is 17.9. The van der Waals surface area contributed by atoms with E-state index >= 15 is 0 Å². The van der Waals surface area contributed by atoms with E-state index in [1.54, 1.807) is 26.0 Å². The molecule has 11 unspecified atom stereocenters. The van der Waals surface area contributed by atoms with Gasteiger partial charge in [0, 0.05) is 57.7 Å². The van der Waals surface area contributed by atoms with Crippen molar-refractivity contribution in [3.63, 3.8) is 0 Å². The summed E-state index contributed by atoms with van der Waals surface area (Å²) in [6, 6.07) is 0.366. The first-order valence-electron chi connectivity index (χ1n) is 13.8. The summed E-state index contributed by atoms with van der Waals surface area (Å²) in [5.41, 5.74) is -0.232. The van der Waals surface area contributed by atoms with Crippen molar-refractivity contribution in [2.75, 3.05) is 40.4 Å². The van der Waals surface area contributed by atoms with Crippen molar-refractivity contribution < 1.29 is 19.1 Å². The molecule has 12 heteroatoms. The maximum absolute atomic E-state index is 13.6. The smallest absolute Gasteiger partial charge is 0.239 e. The molecule has 37 heavy (non-hydrogen) atoms. The third-order valence-corrected chi connectivity index (χ3v) is 10.7. The second-order valence-corrected chi connectivity index (χ2v) is 13.2. The molecule has 210 valence electrons.